The summed E-state index contributed by atoms with van der Waals surface area (Å²) >= 11 is 1.63. The van der Waals surface area contributed by atoms with E-state index in [-0.39, 0.29) is 11.3 Å². The molecule has 0 saturated heterocycles. The fourth-order valence-corrected chi connectivity index (χ4v) is 2.25. The molecule has 0 aliphatic heterocycles. The molecule has 0 saturated carbocycles. The first-order chi connectivity index (χ1) is 8.45. The minimum Gasteiger partial charge on any atom is -0.409 e. The average Bonchev–Trinajstić information content (AvgIpc) is 2.33. The standard InChI is InChI=1S/C12H20N4OS/c1-9-5-7-14-11(15-9)18-8-4-6-12(2,3)10(13)16-17/h5,7,17H,4,6,8H2,1-3H3,(H2,13,16). The molecule has 18 heavy (non-hydrogen) atoms. The molecule has 6 heteroatoms. The van der Waals surface area contributed by atoms with Crippen molar-refractivity contribution < 1.29 is 5.21 Å². The molecule has 0 spiro atoms. The fraction of sp³-hybridized carbons (Fsp3) is 0.583. The summed E-state index contributed by atoms with van der Waals surface area (Å²) in [7, 11) is 0. The summed E-state index contributed by atoms with van der Waals surface area (Å²) in [6.07, 6.45) is 3.60. The normalized spacial score (nSPS) is 12.7. The highest BCUT2D eigenvalue weighted by Crippen LogP contribution is 2.24. The molecule has 1 rings (SSSR count). The predicted octanol–water partition coefficient (Wildman–Crippen LogP) is 2.43. The first-order valence-corrected chi connectivity index (χ1v) is 6.85. The third-order valence-electron chi connectivity index (χ3n) is 2.75. The second-order valence-electron chi connectivity index (χ2n) is 4.80. The van der Waals surface area contributed by atoms with Crippen LogP contribution in [0.25, 0.3) is 0 Å². The van der Waals surface area contributed by atoms with Crippen LogP contribution in [0.5, 0.6) is 0 Å². The molecule has 100 valence electrons. The van der Waals surface area contributed by atoms with Gasteiger partial charge >= 0.3 is 0 Å². The lowest BCUT2D eigenvalue weighted by Crippen LogP contribution is -2.31. The number of thioether (sulfide) groups is 1. The Labute approximate surface area is 112 Å². The number of hydrogen-bond acceptors (Lipinski definition) is 5. The van der Waals surface area contributed by atoms with Gasteiger partial charge in [-0.1, -0.05) is 30.8 Å². The van der Waals surface area contributed by atoms with Gasteiger partial charge < -0.3 is 10.9 Å². The molecule has 3 N–H and O–H groups in total. The van der Waals surface area contributed by atoms with Gasteiger partial charge in [-0.15, -0.1) is 0 Å². The maximum absolute atomic E-state index is 8.67. The van der Waals surface area contributed by atoms with E-state index in [1.165, 1.54) is 0 Å². The van der Waals surface area contributed by atoms with Crippen molar-refractivity contribution in [3.63, 3.8) is 0 Å². The molecule has 0 aliphatic carbocycles. The lowest BCUT2D eigenvalue weighted by atomic mass is 9.87. The molecule has 0 unspecified atom stereocenters. The van der Waals surface area contributed by atoms with Gasteiger partial charge in [0.15, 0.2) is 5.16 Å². The molecular weight excluding hydrogens is 248 g/mol. The summed E-state index contributed by atoms with van der Waals surface area (Å²) < 4.78 is 0. The first kappa shape index (κ1) is 14.8. The Morgan fingerprint density at radius 1 is 1.56 bits per heavy atom. The maximum Gasteiger partial charge on any atom is 0.187 e. The van der Waals surface area contributed by atoms with E-state index in [1.807, 2.05) is 26.8 Å². The lowest BCUT2D eigenvalue weighted by Gasteiger charge is -2.22. The highest BCUT2D eigenvalue weighted by molar-refractivity contribution is 7.99. The molecule has 0 bridgehead atoms. The largest absolute Gasteiger partial charge is 0.409 e. The summed E-state index contributed by atoms with van der Waals surface area (Å²) in [4.78, 5) is 8.51. The van der Waals surface area contributed by atoms with Crippen molar-refractivity contribution in [1.29, 1.82) is 0 Å². The van der Waals surface area contributed by atoms with Gasteiger partial charge in [0.1, 0.15) is 5.84 Å². The summed E-state index contributed by atoms with van der Waals surface area (Å²) in [5.41, 5.74) is 6.33. The van der Waals surface area contributed by atoms with Crippen molar-refractivity contribution in [1.82, 2.24) is 9.97 Å². The molecule has 5 nitrogen and oxygen atoms in total. The Kier molecular flexibility index (Phi) is 5.40. The van der Waals surface area contributed by atoms with E-state index in [2.05, 4.69) is 15.1 Å². The molecule has 0 amide bonds. The fourth-order valence-electron chi connectivity index (χ4n) is 1.44. The van der Waals surface area contributed by atoms with Crippen molar-refractivity contribution in [3.8, 4) is 0 Å². The Morgan fingerprint density at radius 2 is 2.28 bits per heavy atom. The van der Waals surface area contributed by atoms with Gasteiger partial charge in [0.05, 0.1) is 0 Å². The van der Waals surface area contributed by atoms with E-state index in [0.29, 0.717) is 0 Å². The van der Waals surface area contributed by atoms with Gasteiger partial charge in [0.25, 0.3) is 0 Å². The Hall–Kier alpha value is -1.30. The minimum absolute atomic E-state index is 0.275. The molecule has 0 atom stereocenters. The van der Waals surface area contributed by atoms with Crippen LogP contribution in [-0.4, -0.2) is 26.8 Å². The van der Waals surface area contributed by atoms with Gasteiger partial charge in [-0.25, -0.2) is 9.97 Å². The van der Waals surface area contributed by atoms with Gasteiger partial charge in [-0.05, 0) is 25.8 Å². The van der Waals surface area contributed by atoms with Crippen LogP contribution in [0.4, 0.5) is 0 Å². The van der Waals surface area contributed by atoms with Gasteiger partial charge in [-0.3, -0.25) is 0 Å². The quantitative estimate of drug-likeness (QED) is 0.157. The zero-order chi connectivity index (χ0) is 13.6. The second kappa shape index (κ2) is 6.58. The van der Waals surface area contributed by atoms with Gasteiger partial charge in [0, 0.05) is 23.1 Å². The highest BCUT2D eigenvalue weighted by atomic mass is 32.2. The summed E-state index contributed by atoms with van der Waals surface area (Å²) in [5, 5.41) is 12.5. The average molecular weight is 268 g/mol. The number of aryl methyl sites for hydroxylation is 1. The van der Waals surface area contributed by atoms with E-state index < -0.39 is 0 Å². The minimum atomic E-state index is -0.275. The van der Waals surface area contributed by atoms with Crippen LogP contribution in [0.1, 0.15) is 32.4 Å². The topological polar surface area (TPSA) is 84.4 Å². The van der Waals surface area contributed by atoms with Crippen LogP contribution >= 0.6 is 11.8 Å². The van der Waals surface area contributed by atoms with Crippen LogP contribution in [0.2, 0.25) is 0 Å². The van der Waals surface area contributed by atoms with Gasteiger partial charge in [0.2, 0.25) is 0 Å². The molecule has 1 aromatic heterocycles. The van der Waals surface area contributed by atoms with Gasteiger partial charge in [-0.2, -0.15) is 0 Å². The van der Waals surface area contributed by atoms with Crippen LogP contribution in [0.3, 0.4) is 0 Å². The highest BCUT2D eigenvalue weighted by Gasteiger charge is 2.22. The zero-order valence-electron chi connectivity index (χ0n) is 11.1. The van der Waals surface area contributed by atoms with E-state index in [4.69, 9.17) is 10.9 Å². The Morgan fingerprint density at radius 3 is 2.89 bits per heavy atom. The molecule has 1 heterocycles. The van der Waals surface area contributed by atoms with Crippen molar-refractivity contribution in [2.24, 2.45) is 16.3 Å². The van der Waals surface area contributed by atoms with E-state index in [0.717, 1.165) is 29.4 Å². The van der Waals surface area contributed by atoms with Crippen molar-refractivity contribution >= 4 is 17.6 Å². The third-order valence-corrected chi connectivity index (χ3v) is 3.70. The number of hydrogen-bond donors (Lipinski definition) is 2. The smallest absolute Gasteiger partial charge is 0.187 e. The number of nitrogens with two attached hydrogens (primary N) is 1. The third kappa shape index (κ3) is 4.52. The number of oxime groups is 1. The van der Waals surface area contributed by atoms with Crippen molar-refractivity contribution in [3.05, 3.63) is 18.0 Å². The van der Waals surface area contributed by atoms with E-state index in [9.17, 15) is 0 Å². The van der Waals surface area contributed by atoms with Crippen LogP contribution < -0.4 is 5.73 Å². The van der Waals surface area contributed by atoms with Crippen molar-refractivity contribution in [2.75, 3.05) is 5.75 Å². The number of nitrogens with zero attached hydrogens (tertiary/aromatic N) is 3. The summed E-state index contributed by atoms with van der Waals surface area (Å²) in [6.45, 7) is 5.89. The summed E-state index contributed by atoms with van der Waals surface area (Å²) in [6, 6.07) is 1.88. The van der Waals surface area contributed by atoms with Crippen molar-refractivity contribution in [2.45, 2.75) is 38.8 Å². The van der Waals surface area contributed by atoms with E-state index in [1.54, 1.807) is 18.0 Å². The Balaban J connectivity index is 2.35. The number of amidine groups is 1. The second-order valence-corrected chi connectivity index (χ2v) is 5.86. The molecule has 0 fully saturated rings. The van der Waals surface area contributed by atoms with Crippen LogP contribution in [-0.2, 0) is 0 Å². The zero-order valence-corrected chi connectivity index (χ0v) is 11.9. The molecule has 0 aromatic carbocycles. The number of rotatable bonds is 6. The van der Waals surface area contributed by atoms with E-state index >= 15 is 0 Å². The monoisotopic (exact) mass is 268 g/mol. The molecule has 1 aromatic rings. The number of aromatic nitrogens is 2. The molecule has 0 aliphatic rings. The summed E-state index contributed by atoms with van der Waals surface area (Å²) in [5.74, 6) is 1.20. The lowest BCUT2D eigenvalue weighted by molar-refractivity contribution is 0.305. The van der Waals surface area contributed by atoms with Crippen LogP contribution in [0, 0.1) is 12.3 Å². The van der Waals surface area contributed by atoms with Crippen LogP contribution in [0.15, 0.2) is 22.6 Å². The molecule has 0 radical (unpaired) electrons. The molecular formula is C12H20N4OS. The first-order valence-electron chi connectivity index (χ1n) is 5.86. The maximum atomic E-state index is 8.67. The SMILES string of the molecule is Cc1ccnc(SCCCC(C)(C)C(N)=NO)n1. The predicted molar refractivity (Wildman–Crippen MR) is 73.9 cm³/mol. The Bertz CT molecular complexity index is 420.